The molecule has 3 aliphatic rings. The Balaban J connectivity index is 1.22. The largest absolute Gasteiger partial charge is 0.372 e. The Morgan fingerprint density at radius 3 is 2.81 bits per heavy atom. The van der Waals surface area contributed by atoms with Gasteiger partial charge >= 0.3 is 0 Å². The van der Waals surface area contributed by atoms with Crippen LogP contribution in [0.4, 0.5) is 5.69 Å². The number of aromatic nitrogens is 3. The highest BCUT2D eigenvalue weighted by molar-refractivity contribution is 6.31. The summed E-state index contributed by atoms with van der Waals surface area (Å²) in [7, 11) is 0. The first-order chi connectivity index (χ1) is 15.5. The highest BCUT2D eigenvalue weighted by Gasteiger charge is 2.54. The Bertz CT molecular complexity index is 1200. The van der Waals surface area contributed by atoms with Gasteiger partial charge < -0.3 is 19.5 Å². The van der Waals surface area contributed by atoms with Gasteiger partial charge in [0.25, 0.3) is 5.91 Å². The Hall–Kier alpha value is -2.90. The molecule has 2 fully saturated rings. The van der Waals surface area contributed by atoms with Gasteiger partial charge in [0.05, 0.1) is 41.2 Å². The van der Waals surface area contributed by atoms with Crippen LogP contribution in [0.15, 0.2) is 48.9 Å². The fourth-order valence-electron chi connectivity index (χ4n) is 5.40. The molecule has 32 heavy (non-hydrogen) atoms. The van der Waals surface area contributed by atoms with E-state index in [4.69, 9.17) is 16.3 Å². The van der Waals surface area contributed by atoms with Gasteiger partial charge in [-0.15, -0.1) is 0 Å². The average molecular weight is 450 g/mol. The van der Waals surface area contributed by atoms with E-state index in [2.05, 4.69) is 38.2 Å². The lowest BCUT2D eigenvalue weighted by atomic mass is 9.79. The molecular formula is C24H24ClN5O2. The van der Waals surface area contributed by atoms with E-state index >= 15 is 0 Å². The number of carbonyl (C=O) groups excluding carboxylic acids is 1. The van der Waals surface area contributed by atoms with Crippen LogP contribution in [-0.2, 0) is 10.3 Å². The first kappa shape index (κ1) is 19.8. The van der Waals surface area contributed by atoms with Crippen molar-refractivity contribution < 1.29 is 9.53 Å². The van der Waals surface area contributed by atoms with Crippen LogP contribution in [0.25, 0.3) is 5.69 Å². The Morgan fingerprint density at radius 2 is 2.03 bits per heavy atom. The van der Waals surface area contributed by atoms with Gasteiger partial charge in [-0.3, -0.25) is 9.78 Å². The molecule has 0 radical (unpaired) electrons. The fraction of sp³-hybridized carbons (Fsp3) is 0.375. The monoisotopic (exact) mass is 449 g/mol. The molecule has 5 heterocycles. The maximum absolute atomic E-state index is 12.9. The van der Waals surface area contributed by atoms with E-state index in [0.717, 1.165) is 36.3 Å². The summed E-state index contributed by atoms with van der Waals surface area (Å²) in [5.41, 5.74) is 3.96. The first-order valence-corrected chi connectivity index (χ1v) is 11.3. The number of ether oxygens (including phenoxy) is 1. The number of fused-ring (bicyclic) bond motifs is 4. The lowest BCUT2D eigenvalue weighted by Gasteiger charge is -2.41. The highest BCUT2D eigenvalue weighted by atomic mass is 35.5. The van der Waals surface area contributed by atoms with Crippen molar-refractivity contribution in [2.45, 2.75) is 37.3 Å². The number of likely N-dealkylation sites (tertiary alicyclic amines) is 1. The van der Waals surface area contributed by atoms with E-state index in [1.807, 2.05) is 30.0 Å². The van der Waals surface area contributed by atoms with Gasteiger partial charge in [0.15, 0.2) is 0 Å². The lowest BCUT2D eigenvalue weighted by molar-refractivity contribution is -0.0393. The van der Waals surface area contributed by atoms with Crippen molar-refractivity contribution in [3.63, 3.8) is 0 Å². The van der Waals surface area contributed by atoms with Crippen LogP contribution >= 0.6 is 11.6 Å². The summed E-state index contributed by atoms with van der Waals surface area (Å²) in [6.45, 7) is 3.74. The van der Waals surface area contributed by atoms with Crippen LogP contribution in [0.3, 0.4) is 0 Å². The summed E-state index contributed by atoms with van der Waals surface area (Å²) in [6, 6.07) is 10.2. The molecule has 2 saturated heterocycles. The van der Waals surface area contributed by atoms with Crippen molar-refractivity contribution in [1.29, 1.82) is 0 Å². The summed E-state index contributed by atoms with van der Waals surface area (Å²) in [5, 5.41) is 4.47. The van der Waals surface area contributed by atoms with E-state index in [-0.39, 0.29) is 17.0 Å². The minimum Gasteiger partial charge on any atom is -0.372 e. The van der Waals surface area contributed by atoms with Gasteiger partial charge in [0, 0.05) is 36.9 Å². The minimum atomic E-state index is -0.310. The number of hydrogen-bond acceptors (Lipinski definition) is 5. The summed E-state index contributed by atoms with van der Waals surface area (Å²) >= 11 is 6.29. The molecule has 1 amide bonds. The number of nitrogens with zero attached hydrogens (tertiary/aromatic N) is 4. The predicted molar refractivity (Wildman–Crippen MR) is 121 cm³/mol. The molecule has 7 nitrogen and oxygen atoms in total. The molecule has 0 bridgehead atoms. The molecular weight excluding hydrogens is 426 g/mol. The number of rotatable bonds is 1. The van der Waals surface area contributed by atoms with Crippen LogP contribution in [0.2, 0.25) is 5.02 Å². The molecule has 2 spiro atoms. The molecule has 1 N–H and O–H groups in total. The van der Waals surface area contributed by atoms with Gasteiger partial charge in [-0.2, -0.15) is 0 Å². The molecule has 8 heteroatoms. The van der Waals surface area contributed by atoms with Crippen molar-refractivity contribution in [2.75, 3.05) is 25.0 Å². The molecule has 2 aromatic heterocycles. The van der Waals surface area contributed by atoms with E-state index in [1.54, 1.807) is 12.4 Å². The lowest BCUT2D eigenvalue weighted by Crippen LogP contribution is -2.48. The SMILES string of the molecule is Cc1cnc(C(=O)N2CCC3(CC2)C[C@]2(CO3)Nc3cc(Cl)ccc3-n3cccc32)cn1. The summed E-state index contributed by atoms with van der Waals surface area (Å²) in [5.74, 6) is -0.0618. The third-order valence-corrected chi connectivity index (χ3v) is 7.28. The highest BCUT2D eigenvalue weighted by Crippen LogP contribution is 2.50. The van der Waals surface area contributed by atoms with E-state index in [0.29, 0.717) is 30.4 Å². The van der Waals surface area contributed by atoms with Crippen molar-refractivity contribution in [1.82, 2.24) is 19.4 Å². The number of piperidine rings is 1. The number of nitrogens with one attached hydrogen (secondary N) is 1. The number of benzene rings is 1. The summed E-state index contributed by atoms with van der Waals surface area (Å²) in [4.78, 5) is 23.2. The predicted octanol–water partition coefficient (Wildman–Crippen LogP) is 3.95. The van der Waals surface area contributed by atoms with Gasteiger partial charge in [-0.25, -0.2) is 4.98 Å². The maximum Gasteiger partial charge on any atom is 0.274 e. The zero-order valence-corrected chi connectivity index (χ0v) is 18.6. The normalized spacial score (nSPS) is 23.1. The van der Waals surface area contributed by atoms with E-state index in [9.17, 15) is 4.79 Å². The average Bonchev–Trinajstić information content (AvgIpc) is 3.41. The second kappa shape index (κ2) is 7.05. The number of amides is 1. The van der Waals surface area contributed by atoms with Crippen molar-refractivity contribution >= 4 is 23.2 Å². The molecule has 0 aliphatic carbocycles. The zero-order chi connectivity index (χ0) is 21.9. The van der Waals surface area contributed by atoms with Gasteiger partial charge in [-0.05, 0) is 50.1 Å². The van der Waals surface area contributed by atoms with Crippen LogP contribution in [0.1, 0.15) is 41.1 Å². The fourth-order valence-corrected chi connectivity index (χ4v) is 5.57. The molecule has 6 rings (SSSR count). The summed E-state index contributed by atoms with van der Waals surface area (Å²) < 4.78 is 8.76. The molecule has 3 aliphatic heterocycles. The molecule has 3 aromatic rings. The Morgan fingerprint density at radius 1 is 1.19 bits per heavy atom. The van der Waals surface area contributed by atoms with Crippen LogP contribution in [-0.4, -0.2) is 50.6 Å². The maximum atomic E-state index is 12.9. The second-order valence-corrected chi connectivity index (χ2v) is 9.55. The summed E-state index contributed by atoms with van der Waals surface area (Å²) in [6.07, 6.45) is 7.74. The standard InChI is InChI=1S/C24H24ClN5O2/c1-16-12-27-19(13-26-16)22(31)29-9-6-23(7-10-29)14-24(15-32-23)21-3-2-8-30(21)20-5-4-17(25)11-18(20)28-24/h2-5,8,11-13,28H,6-7,9-10,14-15H2,1H3/t24-/m1/s1. The minimum absolute atomic E-state index is 0.0618. The number of halogens is 1. The zero-order valence-electron chi connectivity index (χ0n) is 17.8. The number of aryl methyl sites for hydroxylation is 1. The number of hydrogen-bond donors (Lipinski definition) is 1. The van der Waals surface area contributed by atoms with E-state index in [1.165, 1.54) is 5.69 Å². The topological polar surface area (TPSA) is 72.3 Å². The second-order valence-electron chi connectivity index (χ2n) is 9.12. The molecule has 0 saturated carbocycles. The van der Waals surface area contributed by atoms with Gasteiger partial charge in [0.2, 0.25) is 0 Å². The van der Waals surface area contributed by atoms with Crippen LogP contribution in [0, 0.1) is 6.92 Å². The Labute approximate surface area is 191 Å². The van der Waals surface area contributed by atoms with Crippen molar-refractivity contribution in [3.8, 4) is 5.69 Å². The van der Waals surface area contributed by atoms with Crippen molar-refractivity contribution in [3.05, 3.63) is 71.0 Å². The molecule has 0 unspecified atom stereocenters. The number of carbonyl (C=O) groups is 1. The molecule has 1 aromatic carbocycles. The number of anilines is 1. The van der Waals surface area contributed by atoms with Crippen molar-refractivity contribution in [2.24, 2.45) is 0 Å². The van der Waals surface area contributed by atoms with Gasteiger partial charge in [-0.1, -0.05) is 11.6 Å². The third kappa shape index (κ3) is 3.03. The van der Waals surface area contributed by atoms with E-state index < -0.39 is 0 Å². The van der Waals surface area contributed by atoms with Gasteiger partial charge in [0.1, 0.15) is 11.2 Å². The molecule has 164 valence electrons. The quantitative estimate of drug-likeness (QED) is 0.609. The van der Waals surface area contributed by atoms with Crippen LogP contribution < -0.4 is 5.32 Å². The van der Waals surface area contributed by atoms with Crippen LogP contribution in [0.5, 0.6) is 0 Å². The Kier molecular flexibility index (Phi) is 4.35. The molecule has 1 atom stereocenters. The third-order valence-electron chi connectivity index (χ3n) is 7.04. The first-order valence-electron chi connectivity index (χ1n) is 10.9. The smallest absolute Gasteiger partial charge is 0.274 e.